The summed E-state index contributed by atoms with van der Waals surface area (Å²) in [5, 5.41) is 5.76. The van der Waals surface area contributed by atoms with Crippen molar-refractivity contribution in [1.82, 2.24) is 5.16 Å². The van der Waals surface area contributed by atoms with Crippen LogP contribution in [0, 0.1) is 0 Å². The molecule has 0 radical (unpaired) electrons. The van der Waals surface area contributed by atoms with Gasteiger partial charge in [0.05, 0.1) is 11.5 Å². The maximum absolute atomic E-state index is 11.7. The lowest BCUT2D eigenvalue weighted by Crippen LogP contribution is -2.05. The Morgan fingerprint density at radius 2 is 2.50 bits per heavy atom. The molecule has 0 aliphatic heterocycles. The molecule has 0 bridgehead atoms. The van der Waals surface area contributed by atoms with Gasteiger partial charge in [-0.2, -0.15) is 0 Å². The molecule has 0 saturated heterocycles. The standard InChI is InChI=1S/C10H8BrNO3S/c1-2-14-10(13)7-8(12-15-9(7)11)6-4-3-5-16-6/h3-5H,2H2,1H3. The number of ether oxygens (including phenoxy) is 1. The fourth-order valence-corrected chi connectivity index (χ4v) is 2.37. The zero-order valence-corrected chi connectivity index (χ0v) is 10.8. The van der Waals surface area contributed by atoms with Crippen LogP contribution in [-0.2, 0) is 4.74 Å². The first-order chi connectivity index (χ1) is 7.74. The lowest BCUT2D eigenvalue weighted by molar-refractivity contribution is 0.0525. The van der Waals surface area contributed by atoms with Gasteiger partial charge in [-0.3, -0.25) is 0 Å². The second kappa shape index (κ2) is 4.80. The molecule has 2 aromatic rings. The van der Waals surface area contributed by atoms with Crippen LogP contribution >= 0.6 is 27.3 Å². The topological polar surface area (TPSA) is 52.3 Å². The zero-order valence-electron chi connectivity index (χ0n) is 8.40. The largest absolute Gasteiger partial charge is 0.462 e. The van der Waals surface area contributed by atoms with Gasteiger partial charge in [-0.25, -0.2) is 4.79 Å². The fraction of sp³-hybridized carbons (Fsp3) is 0.200. The Morgan fingerprint density at radius 3 is 3.12 bits per heavy atom. The van der Waals surface area contributed by atoms with Gasteiger partial charge < -0.3 is 9.26 Å². The molecular formula is C10H8BrNO3S. The molecule has 0 amide bonds. The maximum Gasteiger partial charge on any atom is 0.345 e. The van der Waals surface area contributed by atoms with Crippen LogP contribution in [-0.4, -0.2) is 17.7 Å². The molecule has 0 fully saturated rings. The third-order valence-corrected chi connectivity index (χ3v) is 3.30. The lowest BCUT2D eigenvalue weighted by Gasteiger charge is -1.99. The zero-order chi connectivity index (χ0) is 11.5. The molecule has 0 atom stereocenters. The van der Waals surface area contributed by atoms with Crippen molar-refractivity contribution in [3.05, 3.63) is 27.7 Å². The van der Waals surface area contributed by atoms with Crippen molar-refractivity contribution >= 4 is 33.2 Å². The Balaban J connectivity index is 2.44. The number of nitrogens with zero attached hydrogens (tertiary/aromatic N) is 1. The van der Waals surface area contributed by atoms with Crippen molar-refractivity contribution in [3.8, 4) is 10.6 Å². The highest BCUT2D eigenvalue weighted by Crippen LogP contribution is 2.32. The summed E-state index contributed by atoms with van der Waals surface area (Å²) in [7, 11) is 0. The smallest absolute Gasteiger partial charge is 0.345 e. The van der Waals surface area contributed by atoms with E-state index in [1.807, 2.05) is 17.5 Å². The predicted octanol–water partition coefficient (Wildman–Crippen LogP) is 3.34. The minimum Gasteiger partial charge on any atom is -0.462 e. The number of hydrogen-bond acceptors (Lipinski definition) is 5. The summed E-state index contributed by atoms with van der Waals surface area (Å²) < 4.78 is 10.2. The average molecular weight is 302 g/mol. The minimum absolute atomic E-state index is 0.300. The van der Waals surface area contributed by atoms with Gasteiger partial charge in [0.1, 0.15) is 11.3 Å². The summed E-state index contributed by atoms with van der Waals surface area (Å²) in [6.45, 7) is 2.07. The molecule has 2 aromatic heterocycles. The van der Waals surface area contributed by atoms with Gasteiger partial charge in [-0.05, 0) is 34.3 Å². The van der Waals surface area contributed by atoms with Crippen LogP contribution in [0.15, 0.2) is 26.7 Å². The Labute approximate surface area is 104 Å². The first-order valence-corrected chi connectivity index (χ1v) is 6.27. The second-order valence-corrected chi connectivity index (χ2v) is 4.55. The van der Waals surface area contributed by atoms with Crippen molar-refractivity contribution in [2.24, 2.45) is 0 Å². The van der Waals surface area contributed by atoms with Gasteiger partial charge in [0.15, 0.2) is 0 Å². The quantitative estimate of drug-likeness (QED) is 0.816. The minimum atomic E-state index is -0.431. The van der Waals surface area contributed by atoms with Crippen LogP contribution in [0.5, 0.6) is 0 Å². The van der Waals surface area contributed by atoms with Crippen LogP contribution in [0.2, 0.25) is 0 Å². The van der Waals surface area contributed by atoms with Crippen LogP contribution in [0.25, 0.3) is 10.6 Å². The number of aromatic nitrogens is 1. The van der Waals surface area contributed by atoms with Crippen molar-refractivity contribution in [1.29, 1.82) is 0 Å². The average Bonchev–Trinajstić information content (AvgIpc) is 2.86. The molecule has 84 valence electrons. The summed E-state index contributed by atoms with van der Waals surface area (Å²) in [5.41, 5.74) is 0.852. The third kappa shape index (κ3) is 2.03. The van der Waals surface area contributed by atoms with E-state index >= 15 is 0 Å². The first-order valence-electron chi connectivity index (χ1n) is 4.60. The highest BCUT2D eigenvalue weighted by molar-refractivity contribution is 9.10. The maximum atomic E-state index is 11.7. The molecule has 0 aliphatic rings. The highest BCUT2D eigenvalue weighted by atomic mass is 79.9. The highest BCUT2D eigenvalue weighted by Gasteiger charge is 2.24. The van der Waals surface area contributed by atoms with E-state index in [1.54, 1.807) is 6.92 Å². The van der Waals surface area contributed by atoms with Gasteiger partial charge in [0.2, 0.25) is 4.67 Å². The van der Waals surface area contributed by atoms with E-state index in [0.29, 0.717) is 22.5 Å². The van der Waals surface area contributed by atoms with Gasteiger partial charge in [-0.1, -0.05) is 11.2 Å². The normalized spacial score (nSPS) is 10.4. The van der Waals surface area contributed by atoms with Crippen LogP contribution in [0.4, 0.5) is 0 Å². The lowest BCUT2D eigenvalue weighted by atomic mass is 10.2. The van der Waals surface area contributed by atoms with E-state index in [4.69, 9.17) is 9.26 Å². The van der Waals surface area contributed by atoms with E-state index in [9.17, 15) is 4.79 Å². The Hall–Kier alpha value is -1.14. The van der Waals surface area contributed by atoms with E-state index in [2.05, 4.69) is 21.1 Å². The summed E-state index contributed by atoms with van der Waals surface area (Å²) in [6, 6.07) is 3.76. The van der Waals surface area contributed by atoms with E-state index in [-0.39, 0.29) is 0 Å². The van der Waals surface area contributed by atoms with E-state index in [1.165, 1.54) is 11.3 Å². The molecule has 0 saturated carbocycles. The number of hydrogen-bond donors (Lipinski definition) is 0. The van der Waals surface area contributed by atoms with Crippen LogP contribution in [0.1, 0.15) is 17.3 Å². The second-order valence-electron chi connectivity index (χ2n) is 2.88. The molecule has 0 spiro atoms. The molecule has 2 rings (SSSR count). The molecular weight excluding hydrogens is 294 g/mol. The summed E-state index contributed by atoms with van der Waals surface area (Å²) >= 11 is 4.64. The number of carbonyl (C=O) groups excluding carboxylic acids is 1. The Kier molecular flexibility index (Phi) is 3.40. The number of carbonyl (C=O) groups is 1. The SMILES string of the molecule is CCOC(=O)c1c(-c2cccs2)noc1Br. The van der Waals surface area contributed by atoms with Crippen LogP contribution < -0.4 is 0 Å². The third-order valence-electron chi connectivity index (χ3n) is 1.88. The van der Waals surface area contributed by atoms with Gasteiger partial charge in [0.25, 0.3) is 0 Å². The van der Waals surface area contributed by atoms with Crippen molar-refractivity contribution in [2.75, 3.05) is 6.61 Å². The number of halogens is 1. The monoisotopic (exact) mass is 301 g/mol. The predicted molar refractivity (Wildman–Crippen MR) is 63.5 cm³/mol. The van der Waals surface area contributed by atoms with Gasteiger partial charge in [0, 0.05) is 0 Å². The summed E-state index contributed by atoms with van der Waals surface area (Å²) in [4.78, 5) is 12.6. The molecule has 0 N–H and O–H groups in total. The Bertz CT molecular complexity index is 492. The van der Waals surface area contributed by atoms with Crippen molar-refractivity contribution in [2.45, 2.75) is 6.92 Å². The molecule has 2 heterocycles. The van der Waals surface area contributed by atoms with E-state index in [0.717, 1.165) is 4.88 Å². The van der Waals surface area contributed by atoms with Crippen molar-refractivity contribution in [3.63, 3.8) is 0 Å². The summed E-state index contributed by atoms with van der Waals surface area (Å²) in [6.07, 6.45) is 0. The molecule has 4 nitrogen and oxygen atoms in total. The van der Waals surface area contributed by atoms with Gasteiger partial charge >= 0.3 is 5.97 Å². The first kappa shape index (κ1) is 11.3. The number of thiophene rings is 1. The molecule has 0 unspecified atom stereocenters. The van der Waals surface area contributed by atoms with Crippen LogP contribution in [0.3, 0.4) is 0 Å². The number of esters is 1. The fourth-order valence-electron chi connectivity index (χ4n) is 1.23. The molecule has 0 aliphatic carbocycles. The van der Waals surface area contributed by atoms with Gasteiger partial charge in [-0.15, -0.1) is 11.3 Å². The van der Waals surface area contributed by atoms with E-state index < -0.39 is 5.97 Å². The molecule has 6 heteroatoms. The van der Waals surface area contributed by atoms with Crippen molar-refractivity contribution < 1.29 is 14.1 Å². The summed E-state index contributed by atoms with van der Waals surface area (Å²) in [5.74, 6) is -0.431. The molecule has 16 heavy (non-hydrogen) atoms. The Morgan fingerprint density at radius 1 is 1.69 bits per heavy atom. The molecule has 0 aromatic carbocycles. The number of rotatable bonds is 3.